The van der Waals surface area contributed by atoms with Crippen molar-refractivity contribution in [2.75, 3.05) is 0 Å². The van der Waals surface area contributed by atoms with Gasteiger partial charge in [0.15, 0.2) is 10.0 Å². The molecule has 0 saturated carbocycles. The summed E-state index contributed by atoms with van der Waals surface area (Å²) in [5.41, 5.74) is 0.250. The molecule has 0 bridgehead atoms. The van der Waals surface area contributed by atoms with E-state index in [-0.39, 0.29) is 34.6 Å². The van der Waals surface area contributed by atoms with Crippen LogP contribution in [0.5, 0.6) is 0 Å². The van der Waals surface area contributed by atoms with Crippen LogP contribution in [0.15, 0.2) is 18.2 Å². The summed E-state index contributed by atoms with van der Waals surface area (Å²) in [6.07, 6.45) is 0. The summed E-state index contributed by atoms with van der Waals surface area (Å²) in [7, 11) is 0. The standard InChI is InChI=1S/C8H4FN3O2S.Li/c9-5-3-1-2-4(10-5)6-11-12-7(15-6)8(13)14;/h1-3H,(H,13,14);/q;+1/p-1. The molecule has 2 aromatic heterocycles. The molecule has 0 aromatic carbocycles. The van der Waals surface area contributed by atoms with Crippen LogP contribution < -0.4 is 24.0 Å². The Morgan fingerprint density at radius 1 is 1.38 bits per heavy atom. The van der Waals surface area contributed by atoms with Crippen LogP contribution >= 0.6 is 11.3 Å². The molecule has 76 valence electrons. The average Bonchev–Trinajstić information content (AvgIpc) is 2.66. The maximum absolute atomic E-state index is 12.7. The summed E-state index contributed by atoms with van der Waals surface area (Å²) in [5, 5.41) is 17.3. The second-order valence-corrected chi connectivity index (χ2v) is 3.52. The van der Waals surface area contributed by atoms with Crippen LogP contribution in [0, 0.1) is 5.95 Å². The molecule has 5 nitrogen and oxygen atoms in total. The van der Waals surface area contributed by atoms with Gasteiger partial charge in [0.1, 0.15) is 11.7 Å². The van der Waals surface area contributed by atoms with Gasteiger partial charge in [-0.1, -0.05) is 17.4 Å². The first-order valence-corrected chi connectivity index (χ1v) is 4.66. The van der Waals surface area contributed by atoms with Crippen LogP contribution in [-0.4, -0.2) is 21.2 Å². The van der Waals surface area contributed by atoms with Crippen LogP contribution in [0.25, 0.3) is 10.7 Å². The van der Waals surface area contributed by atoms with E-state index in [2.05, 4.69) is 15.2 Å². The Morgan fingerprint density at radius 2 is 2.12 bits per heavy atom. The third kappa shape index (κ3) is 2.64. The number of carboxylic acid groups (broad SMARTS) is 1. The monoisotopic (exact) mass is 231 g/mol. The van der Waals surface area contributed by atoms with Crippen LogP contribution in [0.2, 0.25) is 0 Å². The molecule has 0 N–H and O–H groups in total. The molecule has 0 atom stereocenters. The third-order valence-electron chi connectivity index (χ3n) is 1.53. The van der Waals surface area contributed by atoms with E-state index in [1.54, 1.807) is 0 Å². The number of aromatic carboxylic acids is 1. The molecule has 0 spiro atoms. The maximum atomic E-state index is 12.7. The van der Waals surface area contributed by atoms with E-state index in [1.807, 2.05) is 0 Å². The van der Waals surface area contributed by atoms with E-state index < -0.39 is 11.9 Å². The SMILES string of the molecule is O=C([O-])c1nnc(-c2cccc(F)n2)s1.[Li+]. The summed E-state index contributed by atoms with van der Waals surface area (Å²) in [6.45, 7) is 0. The van der Waals surface area contributed by atoms with E-state index in [0.29, 0.717) is 0 Å². The molecular formula is C8H3FLiN3O2S. The fraction of sp³-hybridized carbons (Fsp3) is 0. The number of nitrogens with zero attached hydrogens (tertiary/aromatic N) is 3. The van der Waals surface area contributed by atoms with Gasteiger partial charge in [0.05, 0.1) is 0 Å². The number of aromatic nitrogens is 3. The van der Waals surface area contributed by atoms with Gasteiger partial charge in [-0.25, -0.2) is 4.98 Å². The molecule has 0 radical (unpaired) electrons. The summed E-state index contributed by atoms with van der Waals surface area (Å²) >= 11 is 0.789. The van der Waals surface area contributed by atoms with Gasteiger partial charge in [0.2, 0.25) is 5.95 Å². The number of carbonyl (C=O) groups excluding carboxylic acids is 1. The number of rotatable bonds is 2. The van der Waals surface area contributed by atoms with Gasteiger partial charge in [0.25, 0.3) is 0 Å². The molecule has 0 fully saturated rings. The zero-order valence-corrected chi connectivity index (χ0v) is 8.99. The summed E-state index contributed by atoms with van der Waals surface area (Å²) in [4.78, 5) is 14.0. The van der Waals surface area contributed by atoms with E-state index in [4.69, 9.17) is 0 Å². The first-order chi connectivity index (χ1) is 7.16. The topological polar surface area (TPSA) is 78.8 Å². The van der Waals surface area contributed by atoms with Crippen molar-refractivity contribution in [3.05, 3.63) is 29.2 Å². The Kier molecular flexibility index (Phi) is 4.12. The molecule has 8 heteroatoms. The van der Waals surface area contributed by atoms with Crippen molar-refractivity contribution >= 4 is 17.3 Å². The quantitative estimate of drug-likeness (QED) is 0.409. The molecule has 0 unspecified atom stereocenters. The summed E-state index contributed by atoms with van der Waals surface area (Å²) in [5.74, 6) is -2.06. The first kappa shape index (κ1) is 12.8. The molecule has 0 saturated heterocycles. The number of carboxylic acids is 1. The number of carbonyl (C=O) groups is 1. The second kappa shape index (κ2) is 5.16. The van der Waals surface area contributed by atoms with E-state index in [1.165, 1.54) is 18.2 Å². The number of hydrogen-bond acceptors (Lipinski definition) is 6. The predicted molar refractivity (Wildman–Crippen MR) is 47.4 cm³/mol. The van der Waals surface area contributed by atoms with Crippen LogP contribution in [0.1, 0.15) is 9.80 Å². The van der Waals surface area contributed by atoms with Gasteiger partial charge in [-0.3, -0.25) is 0 Å². The van der Waals surface area contributed by atoms with Gasteiger partial charge < -0.3 is 9.90 Å². The third-order valence-corrected chi connectivity index (χ3v) is 2.46. The van der Waals surface area contributed by atoms with E-state index in [9.17, 15) is 14.3 Å². The Balaban J connectivity index is 0.00000128. The normalized spacial score (nSPS) is 9.56. The van der Waals surface area contributed by atoms with Crippen molar-refractivity contribution in [3.63, 3.8) is 0 Å². The van der Waals surface area contributed by atoms with Crippen LogP contribution in [-0.2, 0) is 0 Å². The minimum atomic E-state index is -1.41. The largest absolute Gasteiger partial charge is 1.00 e. The summed E-state index contributed by atoms with van der Waals surface area (Å²) in [6, 6.07) is 4.16. The fourth-order valence-electron chi connectivity index (χ4n) is 0.937. The minimum Gasteiger partial charge on any atom is -0.542 e. The first-order valence-electron chi connectivity index (χ1n) is 3.84. The molecule has 2 heterocycles. The molecule has 16 heavy (non-hydrogen) atoms. The van der Waals surface area contributed by atoms with Gasteiger partial charge >= 0.3 is 18.9 Å². The Morgan fingerprint density at radius 3 is 2.69 bits per heavy atom. The molecular weight excluding hydrogens is 228 g/mol. The smallest absolute Gasteiger partial charge is 0.542 e. The van der Waals surface area contributed by atoms with Gasteiger partial charge in [0, 0.05) is 0 Å². The molecule has 2 aromatic rings. The van der Waals surface area contributed by atoms with Crippen LogP contribution in [0.3, 0.4) is 0 Å². The summed E-state index contributed by atoms with van der Waals surface area (Å²) < 4.78 is 12.7. The Hall–Kier alpha value is -1.29. The molecule has 0 aliphatic rings. The minimum absolute atomic E-state index is 0. The fourth-order valence-corrected chi connectivity index (χ4v) is 1.58. The molecule has 0 amide bonds. The van der Waals surface area contributed by atoms with Crippen LogP contribution in [0.4, 0.5) is 4.39 Å². The van der Waals surface area contributed by atoms with Crippen molar-refractivity contribution in [1.82, 2.24) is 15.2 Å². The number of halogens is 1. The van der Waals surface area contributed by atoms with Gasteiger partial charge in [-0.15, -0.1) is 10.2 Å². The van der Waals surface area contributed by atoms with Crippen molar-refractivity contribution in [2.45, 2.75) is 0 Å². The van der Waals surface area contributed by atoms with Crippen molar-refractivity contribution < 1.29 is 33.2 Å². The Bertz CT molecular complexity index is 519. The van der Waals surface area contributed by atoms with Gasteiger partial charge in [-0.05, 0) is 12.1 Å². The predicted octanol–water partition coefficient (Wildman–Crippen LogP) is -2.89. The number of pyridine rings is 1. The Labute approximate surface area is 106 Å². The van der Waals surface area contributed by atoms with Crippen molar-refractivity contribution in [3.8, 4) is 10.7 Å². The zero-order chi connectivity index (χ0) is 10.8. The van der Waals surface area contributed by atoms with Gasteiger partial charge in [-0.2, -0.15) is 4.39 Å². The molecule has 0 aliphatic heterocycles. The van der Waals surface area contributed by atoms with Crippen molar-refractivity contribution in [1.29, 1.82) is 0 Å². The van der Waals surface area contributed by atoms with Crippen molar-refractivity contribution in [2.24, 2.45) is 0 Å². The van der Waals surface area contributed by atoms with E-state index >= 15 is 0 Å². The average molecular weight is 231 g/mol. The molecule has 2 rings (SSSR count). The zero-order valence-electron chi connectivity index (χ0n) is 8.18. The van der Waals surface area contributed by atoms with E-state index in [0.717, 1.165) is 11.3 Å². The maximum Gasteiger partial charge on any atom is 1.00 e. The molecule has 0 aliphatic carbocycles. The number of hydrogen-bond donors (Lipinski definition) is 0. The second-order valence-electron chi connectivity index (χ2n) is 2.55.